The Kier molecular flexibility index (Phi) is 4.21. The SMILES string of the molecule is O=C(Nc1ccc(Cl)cc1)c1nc(C(=O)NC2CC2)n2c1CCCC2. The van der Waals surface area contributed by atoms with Crippen LogP contribution in [-0.2, 0) is 13.0 Å². The smallest absolute Gasteiger partial charge is 0.287 e. The molecule has 130 valence electrons. The van der Waals surface area contributed by atoms with Gasteiger partial charge in [0.1, 0.15) is 0 Å². The molecule has 1 fully saturated rings. The summed E-state index contributed by atoms with van der Waals surface area (Å²) in [6.45, 7) is 0.726. The van der Waals surface area contributed by atoms with Crippen LogP contribution in [0.5, 0.6) is 0 Å². The third-order valence-corrected chi connectivity index (χ3v) is 4.80. The zero-order valence-electron chi connectivity index (χ0n) is 13.7. The Morgan fingerprint density at radius 3 is 2.60 bits per heavy atom. The number of hydrogen-bond acceptors (Lipinski definition) is 3. The Hall–Kier alpha value is -2.34. The molecule has 1 aromatic carbocycles. The van der Waals surface area contributed by atoms with E-state index in [9.17, 15) is 9.59 Å². The first-order chi connectivity index (χ1) is 12.1. The maximum absolute atomic E-state index is 12.7. The molecular formula is C18H19ClN4O2. The van der Waals surface area contributed by atoms with Crippen LogP contribution >= 0.6 is 11.6 Å². The number of aromatic nitrogens is 2. The van der Waals surface area contributed by atoms with E-state index in [1.165, 1.54) is 0 Å². The van der Waals surface area contributed by atoms with Gasteiger partial charge in [-0.15, -0.1) is 0 Å². The molecule has 1 aliphatic carbocycles. The van der Waals surface area contributed by atoms with Crippen LogP contribution in [-0.4, -0.2) is 27.4 Å². The van der Waals surface area contributed by atoms with Crippen molar-refractivity contribution < 1.29 is 9.59 Å². The van der Waals surface area contributed by atoms with Crippen LogP contribution in [0.2, 0.25) is 5.02 Å². The van der Waals surface area contributed by atoms with Gasteiger partial charge < -0.3 is 15.2 Å². The van der Waals surface area contributed by atoms with Crippen LogP contribution in [0.3, 0.4) is 0 Å². The highest BCUT2D eigenvalue weighted by molar-refractivity contribution is 6.30. The van der Waals surface area contributed by atoms with Crippen LogP contribution in [0, 0.1) is 0 Å². The Morgan fingerprint density at radius 1 is 1.12 bits per heavy atom. The third kappa shape index (κ3) is 3.39. The molecule has 0 saturated heterocycles. The van der Waals surface area contributed by atoms with Crippen LogP contribution in [0.1, 0.15) is 52.5 Å². The Bertz CT molecular complexity index is 824. The number of halogens is 1. The highest BCUT2D eigenvalue weighted by Gasteiger charge is 2.30. The van der Waals surface area contributed by atoms with Crippen molar-refractivity contribution in [3.63, 3.8) is 0 Å². The number of rotatable bonds is 4. The van der Waals surface area contributed by atoms with Crippen LogP contribution in [0.4, 0.5) is 5.69 Å². The minimum absolute atomic E-state index is 0.184. The van der Waals surface area contributed by atoms with E-state index in [0.717, 1.165) is 44.3 Å². The molecule has 6 nitrogen and oxygen atoms in total. The van der Waals surface area contributed by atoms with Gasteiger partial charge in [0.05, 0.1) is 5.69 Å². The number of fused-ring (bicyclic) bond motifs is 1. The number of carbonyl (C=O) groups is 2. The largest absolute Gasteiger partial charge is 0.347 e. The van der Waals surface area contributed by atoms with E-state index in [1.54, 1.807) is 24.3 Å². The summed E-state index contributed by atoms with van der Waals surface area (Å²) in [6, 6.07) is 7.17. The monoisotopic (exact) mass is 358 g/mol. The van der Waals surface area contributed by atoms with Crippen molar-refractivity contribution in [1.82, 2.24) is 14.9 Å². The maximum atomic E-state index is 12.7. The van der Waals surface area contributed by atoms with Crippen molar-refractivity contribution in [1.29, 1.82) is 0 Å². The summed E-state index contributed by atoms with van der Waals surface area (Å²) < 4.78 is 1.90. The number of hydrogen-bond donors (Lipinski definition) is 2. The van der Waals surface area contributed by atoms with E-state index in [1.807, 2.05) is 4.57 Å². The second-order valence-corrected chi connectivity index (χ2v) is 6.98. The second-order valence-electron chi connectivity index (χ2n) is 6.55. The molecule has 0 bridgehead atoms. The van der Waals surface area contributed by atoms with E-state index in [4.69, 9.17) is 11.6 Å². The number of amides is 2. The number of carbonyl (C=O) groups excluding carboxylic acids is 2. The molecule has 1 aliphatic heterocycles. The predicted molar refractivity (Wildman–Crippen MR) is 95.1 cm³/mol. The fourth-order valence-electron chi connectivity index (χ4n) is 3.10. The first-order valence-corrected chi connectivity index (χ1v) is 8.97. The first kappa shape index (κ1) is 16.1. The fraction of sp³-hybridized carbons (Fsp3) is 0.389. The molecule has 0 atom stereocenters. The lowest BCUT2D eigenvalue weighted by atomic mass is 10.1. The molecule has 4 rings (SSSR count). The standard InChI is InChI=1S/C18H19ClN4O2/c19-11-4-6-12(7-5-11)20-17(24)15-14-3-1-2-10-23(14)16(22-15)18(25)21-13-8-9-13/h4-7,13H,1-3,8-10H2,(H,20,24)(H,21,25). The molecule has 2 amide bonds. The zero-order chi connectivity index (χ0) is 17.4. The summed E-state index contributed by atoms with van der Waals surface area (Å²) in [5.41, 5.74) is 1.84. The normalized spacial score (nSPS) is 16.2. The van der Waals surface area contributed by atoms with E-state index in [0.29, 0.717) is 22.2 Å². The topological polar surface area (TPSA) is 76.0 Å². The van der Waals surface area contributed by atoms with Crippen molar-refractivity contribution in [2.45, 2.75) is 44.7 Å². The summed E-state index contributed by atoms with van der Waals surface area (Å²) in [6.07, 6.45) is 4.78. The van der Waals surface area contributed by atoms with Gasteiger partial charge in [0.25, 0.3) is 11.8 Å². The number of benzene rings is 1. The van der Waals surface area contributed by atoms with Crippen molar-refractivity contribution in [3.05, 3.63) is 46.5 Å². The van der Waals surface area contributed by atoms with Crippen LogP contribution in [0.25, 0.3) is 0 Å². The first-order valence-electron chi connectivity index (χ1n) is 8.59. The van der Waals surface area contributed by atoms with Gasteiger partial charge in [-0.1, -0.05) is 11.6 Å². The summed E-state index contributed by atoms with van der Waals surface area (Å²) in [5.74, 6) is -0.127. The van der Waals surface area contributed by atoms with E-state index in [-0.39, 0.29) is 17.9 Å². The van der Waals surface area contributed by atoms with Crippen molar-refractivity contribution in [3.8, 4) is 0 Å². The number of anilines is 1. The van der Waals surface area contributed by atoms with Crippen molar-refractivity contribution in [2.24, 2.45) is 0 Å². The van der Waals surface area contributed by atoms with E-state index in [2.05, 4.69) is 15.6 Å². The van der Waals surface area contributed by atoms with E-state index >= 15 is 0 Å². The Morgan fingerprint density at radius 2 is 1.88 bits per heavy atom. The molecule has 2 aliphatic rings. The molecule has 7 heteroatoms. The van der Waals surface area contributed by atoms with E-state index < -0.39 is 0 Å². The van der Waals surface area contributed by atoms with Gasteiger partial charge in [0, 0.05) is 23.3 Å². The Labute approximate surface area is 150 Å². The molecule has 2 N–H and O–H groups in total. The molecule has 25 heavy (non-hydrogen) atoms. The lowest BCUT2D eigenvalue weighted by Gasteiger charge is -2.17. The van der Waals surface area contributed by atoms with Gasteiger partial charge in [-0.2, -0.15) is 0 Å². The summed E-state index contributed by atoms with van der Waals surface area (Å²) in [5, 5.41) is 6.40. The summed E-state index contributed by atoms with van der Waals surface area (Å²) in [4.78, 5) is 29.5. The van der Waals surface area contributed by atoms with Gasteiger partial charge >= 0.3 is 0 Å². The highest BCUT2D eigenvalue weighted by Crippen LogP contribution is 2.24. The van der Waals surface area contributed by atoms with Gasteiger partial charge in [-0.25, -0.2) is 4.98 Å². The Balaban J connectivity index is 1.61. The van der Waals surface area contributed by atoms with Crippen LogP contribution < -0.4 is 10.6 Å². The van der Waals surface area contributed by atoms with Gasteiger partial charge in [0.2, 0.25) is 0 Å². The quantitative estimate of drug-likeness (QED) is 0.882. The summed E-state index contributed by atoms with van der Waals surface area (Å²) >= 11 is 5.87. The number of nitrogens with zero attached hydrogens (tertiary/aromatic N) is 2. The molecule has 1 aromatic heterocycles. The number of nitrogens with one attached hydrogen (secondary N) is 2. The van der Waals surface area contributed by atoms with Crippen molar-refractivity contribution >= 4 is 29.1 Å². The average Bonchev–Trinajstić information content (AvgIpc) is 3.33. The van der Waals surface area contributed by atoms with Crippen molar-refractivity contribution in [2.75, 3.05) is 5.32 Å². The molecule has 0 spiro atoms. The van der Waals surface area contributed by atoms with Gasteiger partial charge in [0.15, 0.2) is 11.5 Å². The lowest BCUT2D eigenvalue weighted by Crippen LogP contribution is -2.29. The molecular weight excluding hydrogens is 340 g/mol. The molecule has 2 heterocycles. The zero-order valence-corrected chi connectivity index (χ0v) is 14.5. The molecule has 0 unspecified atom stereocenters. The fourth-order valence-corrected chi connectivity index (χ4v) is 3.23. The highest BCUT2D eigenvalue weighted by atomic mass is 35.5. The molecule has 2 aromatic rings. The maximum Gasteiger partial charge on any atom is 0.287 e. The van der Waals surface area contributed by atoms with Gasteiger partial charge in [-0.3, -0.25) is 9.59 Å². The minimum Gasteiger partial charge on any atom is -0.347 e. The van der Waals surface area contributed by atoms with Gasteiger partial charge in [-0.05, 0) is 56.4 Å². The van der Waals surface area contributed by atoms with Crippen LogP contribution in [0.15, 0.2) is 24.3 Å². The molecule has 0 radical (unpaired) electrons. The second kappa shape index (κ2) is 6.52. The number of imidazole rings is 1. The average molecular weight is 359 g/mol. The third-order valence-electron chi connectivity index (χ3n) is 4.55. The predicted octanol–water partition coefficient (Wildman–Crippen LogP) is 3.02. The minimum atomic E-state index is -0.293. The summed E-state index contributed by atoms with van der Waals surface area (Å²) in [7, 11) is 0. The molecule has 1 saturated carbocycles. The lowest BCUT2D eigenvalue weighted by molar-refractivity contribution is 0.0935.